The molecule has 1 N–H and O–H groups in total. The third kappa shape index (κ3) is 2.39. The molecule has 0 aliphatic heterocycles. The van der Waals surface area contributed by atoms with Crippen LogP contribution in [0, 0.1) is 5.41 Å². The summed E-state index contributed by atoms with van der Waals surface area (Å²) < 4.78 is 0. The molecular formula is C16H20N2. The largest absolute Gasteiger partial charge is 0.312 e. The predicted molar refractivity (Wildman–Crippen MR) is 75.4 cm³/mol. The van der Waals surface area contributed by atoms with Crippen molar-refractivity contribution in [1.82, 2.24) is 10.3 Å². The van der Waals surface area contributed by atoms with E-state index in [-0.39, 0.29) is 0 Å². The van der Waals surface area contributed by atoms with Crippen molar-refractivity contribution in [3.8, 4) is 0 Å². The van der Waals surface area contributed by atoms with E-state index in [1.54, 1.807) is 0 Å². The summed E-state index contributed by atoms with van der Waals surface area (Å²) >= 11 is 0. The van der Waals surface area contributed by atoms with Gasteiger partial charge in [0, 0.05) is 30.9 Å². The quantitative estimate of drug-likeness (QED) is 0.865. The molecule has 2 aromatic rings. The van der Waals surface area contributed by atoms with Crippen molar-refractivity contribution in [3.05, 3.63) is 42.2 Å². The van der Waals surface area contributed by atoms with Gasteiger partial charge in [-0.2, -0.15) is 0 Å². The monoisotopic (exact) mass is 240 g/mol. The minimum absolute atomic E-state index is 0.626. The van der Waals surface area contributed by atoms with Crippen molar-refractivity contribution in [1.29, 1.82) is 0 Å². The van der Waals surface area contributed by atoms with Gasteiger partial charge in [0.25, 0.3) is 0 Å². The van der Waals surface area contributed by atoms with Crippen LogP contribution in [0.2, 0.25) is 0 Å². The van der Waals surface area contributed by atoms with Crippen molar-refractivity contribution >= 4 is 10.8 Å². The number of hydrogen-bond acceptors (Lipinski definition) is 2. The van der Waals surface area contributed by atoms with Crippen molar-refractivity contribution < 1.29 is 0 Å². The van der Waals surface area contributed by atoms with E-state index in [9.17, 15) is 0 Å². The lowest BCUT2D eigenvalue weighted by molar-refractivity contribution is 0.443. The molecule has 1 fully saturated rings. The minimum Gasteiger partial charge on any atom is -0.312 e. The van der Waals surface area contributed by atoms with E-state index in [1.807, 2.05) is 12.4 Å². The van der Waals surface area contributed by atoms with Crippen LogP contribution in [0.1, 0.15) is 31.7 Å². The molecule has 94 valence electrons. The Morgan fingerprint density at radius 2 is 2.11 bits per heavy atom. The zero-order valence-electron chi connectivity index (χ0n) is 10.9. The van der Waals surface area contributed by atoms with Crippen LogP contribution in [0.5, 0.6) is 0 Å². The smallest absolute Gasteiger partial charge is 0.0346 e. The highest BCUT2D eigenvalue weighted by Crippen LogP contribution is 2.47. The lowest BCUT2D eigenvalue weighted by atomic mass is 10.0. The summed E-state index contributed by atoms with van der Waals surface area (Å²) in [5, 5.41) is 6.10. The van der Waals surface area contributed by atoms with Gasteiger partial charge < -0.3 is 5.32 Å². The summed E-state index contributed by atoms with van der Waals surface area (Å²) in [5.74, 6) is 0. The first-order chi connectivity index (χ1) is 8.81. The Hall–Kier alpha value is -1.41. The highest BCUT2D eigenvalue weighted by molar-refractivity contribution is 5.81. The number of pyridine rings is 1. The molecule has 1 aliphatic carbocycles. The molecule has 0 bridgehead atoms. The topological polar surface area (TPSA) is 24.9 Å². The number of fused-ring (bicyclic) bond motifs is 1. The summed E-state index contributed by atoms with van der Waals surface area (Å²) in [7, 11) is 0. The SMILES string of the molecule is CCC1(CNCc2ccc3cnccc3c2)CC1. The number of aromatic nitrogens is 1. The molecule has 18 heavy (non-hydrogen) atoms. The molecular weight excluding hydrogens is 220 g/mol. The summed E-state index contributed by atoms with van der Waals surface area (Å²) in [5.41, 5.74) is 1.99. The highest BCUT2D eigenvalue weighted by atomic mass is 14.9. The Balaban J connectivity index is 1.64. The van der Waals surface area contributed by atoms with Crippen LogP contribution in [0.25, 0.3) is 10.8 Å². The highest BCUT2D eigenvalue weighted by Gasteiger charge is 2.39. The Morgan fingerprint density at radius 1 is 1.22 bits per heavy atom. The molecule has 0 spiro atoms. The third-order valence-electron chi connectivity index (χ3n) is 4.24. The van der Waals surface area contributed by atoms with Gasteiger partial charge in [-0.1, -0.05) is 19.1 Å². The molecule has 1 aromatic heterocycles. The summed E-state index contributed by atoms with van der Waals surface area (Å²) in [6, 6.07) is 8.69. The van der Waals surface area contributed by atoms with Crippen LogP contribution >= 0.6 is 0 Å². The van der Waals surface area contributed by atoms with Crippen LogP contribution in [0.4, 0.5) is 0 Å². The van der Waals surface area contributed by atoms with E-state index in [0.717, 1.165) is 13.1 Å². The Bertz CT molecular complexity index is 544. The predicted octanol–water partition coefficient (Wildman–Crippen LogP) is 3.51. The van der Waals surface area contributed by atoms with Gasteiger partial charge in [-0.05, 0) is 47.8 Å². The molecule has 1 aromatic carbocycles. The number of nitrogens with zero attached hydrogens (tertiary/aromatic N) is 1. The maximum Gasteiger partial charge on any atom is 0.0346 e. The molecule has 3 rings (SSSR count). The average Bonchev–Trinajstić information content (AvgIpc) is 3.19. The van der Waals surface area contributed by atoms with Gasteiger partial charge in [-0.25, -0.2) is 0 Å². The number of benzene rings is 1. The first-order valence-corrected chi connectivity index (χ1v) is 6.85. The van der Waals surface area contributed by atoms with E-state index >= 15 is 0 Å². The van der Waals surface area contributed by atoms with E-state index < -0.39 is 0 Å². The lowest BCUT2D eigenvalue weighted by Gasteiger charge is -2.13. The summed E-state index contributed by atoms with van der Waals surface area (Å²) in [6.07, 6.45) is 7.89. The summed E-state index contributed by atoms with van der Waals surface area (Å²) in [6.45, 7) is 4.44. The second-order valence-electron chi connectivity index (χ2n) is 5.51. The van der Waals surface area contributed by atoms with Gasteiger partial charge in [-0.3, -0.25) is 4.98 Å². The normalized spacial score (nSPS) is 16.9. The van der Waals surface area contributed by atoms with Crippen LogP contribution in [-0.4, -0.2) is 11.5 Å². The first kappa shape index (κ1) is 11.7. The fourth-order valence-electron chi connectivity index (χ4n) is 2.55. The van der Waals surface area contributed by atoms with E-state index in [0.29, 0.717) is 5.41 Å². The first-order valence-electron chi connectivity index (χ1n) is 6.85. The maximum atomic E-state index is 4.14. The standard InChI is InChI=1S/C16H20N2/c1-2-16(6-7-16)12-18-10-13-3-4-15-11-17-8-5-14(15)9-13/h3-5,8-9,11,18H,2,6-7,10,12H2,1H3. The molecule has 0 radical (unpaired) electrons. The summed E-state index contributed by atoms with van der Waals surface area (Å²) in [4.78, 5) is 4.14. The van der Waals surface area contributed by atoms with Crippen LogP contribution in [-0.2, 0) is 6.54 Å². The second-order valence-corrected chi connectivity index (χ2v) is 5.51. The number of hydrogen-bond donors (Lipinski definition) is 1. The van der Waals surface area contributed by atoms with Crippen molar-refractivity contribution in [3.63, 3.8) is 0 Å². The average molecular weight is 240 g/mol. The van der Waals surface area contributed by atoms with Crippen LogP contribution < -0.4 is 5.32 Å². The molecule has 2 nitrogen and oxygen atoms in total. The van der Waals surface area contributed by atoms with E-state index in [4.69, 9.17) is 0 Å². The minimum atomic E-state index is 0.626. The van der Waals surface area contributed by atoms with Gasteiger partial charge in [-0.15, -0.1) is 0 Å². The van der Waals surface area contributed by atoms with Crippen molar-refractivity contribution in [2.24, 2.45) is 5.41 Å². The van der Waals surface area contributed by atoms with Crippen LogP contribution in [0.15, 0.2) is 36.7 Å². The molecule has 0 atom stereocenters. The van der Waals surface area contributed by atoms with Crippen molar-refractivity contribution in [2.75, 3.05) is 6.54 Å². The second kappa shape index (κ2) is 4.69. The maximum absolute atomic E-state index is 4.14. The Labute approximate surface area is 108 Å². The van der Waals surface area contributed by atoms with E-state index in [1.165, 1.54) is 35.6 Å². The Morgan fingerprint density at radius 3 is 2.89 bits per heavy atom. The Kier molecular flexibility index (Phi) is 3.04. The lowest BCUT2D eigenvalue weighted by Crippen LogP contribution is -2.23. The van der Waals surface area contributed by atoms with Gasteiger partial charge >= 0.3 is 0 Å². The van der Waals surface area contributed by atoms with Gasteiger partial charge in [0.1, 0.15) is 0 Å². The zero-order valence-corrected chi connectivity index (χ0v) is 10.9. The molecule has 2 heteroatoms. The van der Waals surface area contributed by atoms with E-state index in [2.05, 4.69) is 41.5 Å². The number of nitrogens with one attached hydrogen (secondary N) is 1. The molecule has 1 aliphatic rings. The molecule has 1 saturated carbocycles. The zero-order chi connectivity index (χ0) is 12.4. The molecule has 0 unspecified atom stereocenters. The van der Waals surface area contributed by atoms with Gasteiger partial charge in [0.15, 0.2) is 0 Å². The molecule has 0 saturated heterocycles. The fourth-order valence-corrected chi connectivity index (χ4v) is 2.55. The molecule has 1 heterocycles. The molecule has 0 amide bonds. The van der Waals surface area contributed by atoms with Crippen molar-refractivity contribution in [2.45, 2.75) is 32.7 Å². The van der Waals surface area contributed by atoms with Gasteiger partial charge in [0.2, 0.25) is 0 Å². The van der Waals surface area contributed by atoms with Gasteiger partial charge in [0.05, 0.1) is 0 Å². The van der Waals surface area contributed by atoms with Crippen LogP contribution in [0.3, 0.4) is 0 Å². The third-order valence-corrected chi connectivity index (χ3v) is 4.24. The number of rotatable bonds is 5. The fraction of sp³-hybridized carbons (Fsp3) is 0.438.